The Morgan fingerprint density at radius 1 is 1.09 bits per heavy atom. The van der Waals surface area contributed by atoms with Gasteiger partial charge < -0.3 is 20.2 Å². The van der Waals surface area contributed by atoms with Crippen LogP contribution in [0.15, 0.2) is 36.4 Å². The number of methoxy groups -OCH3 is 2. The Balaban J connectivity index is 2.30. The molecule has 1 aromatic heterocycles. The van der Waals surface area contributed by atoms with E-state index < -0.39 is 5.91 Å². The highest BCUT2D eigenvalue weighted by atomic mass is 16.5. The predicted molar refractivity (Wildman–Crippen MR) is 90.1 cm³/mol. The fraction of sp³-hybridized carbons (Fsp3) is 0.167. The van der Waals surface area contributed by atoms with Crippen LogP contribution < -0.4 is 15.2 Å². The molecule has 118 valence electrons. The van der Waals surface area contributed by atoms with Crippen molar-refractivity contribution in [1.82, 2.24) is 4.98 Å². The first-order chi connectivity index (χ1) is 11.0. The summed E-state index contributed by atoms with van der Waals surface area (Å²) in [4.78, 5) is 15.0. The number of carbonyl (C=O) groups is 1. The molecular weight excluding hydrogens is 292 g/mol. The van der Waals surface area contributed by atoms with Crippen LogP contribution in [0.3, 0.4) is 0 Å². The maximum atomic E-state index is 11.9. The fourth-order valence-electron chi connectivity index (χ4n) is 2.79. The molecule has 3 aromatic rings. The highest BCUT2D eigenvalue weighted by Gasteiger charge is 2.18. The second kappa shape index (κ2) is 5.68. The summed E-state index contributed by atoms with van der Waals surface area (Å²) in [6, 6.07) is 11.4. The summed E-state index contributed by atoms with van der Waals surface area (Å²) >= 11 is 0. The molecule has 0 aliphatic heterocycles. The number of aromatic amines is 1. The van der Waals surface area contributed by atoms with Crippen LogP contribution in [0, 0.1) is 6.92 Å². The summed E-state index contributed by atoms with van der Waals surface area (Å²) in [5, 5.41) is 0.895. The molecule has 0 atom stereocenters. The molecule has 1 amide bonds. The topological polar surface area (TPSA) is 77.3 Å². The number of nitrogens with two attached hydrogens (primary N) is 1. The molecule has 0 saturated heterocycles. The second-order valence-electron chi connectivity index (χ2n) is 5.34. The largest absolute Gasteiger partial charge is 0.497 e. The first-order valence-corrected chi connectivity index (χ1v) is 7.19. The molecule has 0 fully saturated rings. The number of ether oxygens (including phenoxy) is 2. The normalized spacial score (nSPS) is 10.7. The fourth-order valence-corrected chi connectivity index (χ4v) is 2.79. The summed E-state index contributed by atoms with van der Waals surface area (Å²) < 4.78 is 10.6. The smallest absolute Gasteiger partial charge is 0.265 e. The number of amides is 1. The van der Waals surface area contributed by atoms with Crippen LogP contribution in [0.5, 0.6) is 11.5 Å². The third-order valence-electron chi connectivity index (χ3n) is 3.94. The van der Waals surface area contributed by atoms with Crippen molar-refractivity contribution in [2.75, 3.05) is 14.2 Å². The second-order valence-corrected chi connectivity index (χ2v) is 5.34. The Bertz CT molecular complexity index is 879. The SMILES string of the molecule is COc1ccc(-c2c(C(N)=O)[nH]c3cc(C)c(OC)cc23)cc1. The Labute approximate surface area is 134 Å². The molecule has 0 spiro atoms. The molecule has 0 bridgehead atoms. The lowest BCUT2D eigenvalue weighted by atomic mass is 10.0. The number of fused-ring (bicyclic) bond motifs is 1. The maximum Gasteiger partial charge on any atom is 0.265 e. The van der Waals surface area contributed by atoms with Gasteiger partial charge in [-0.1, -0.05) is 12.1 Å². The van der Waals surface area contributed by atoms with Gasteiger partial charge in [0, 0.05) is 16.5 Å². The molecule has 0 aliphatic rings. The van der Waals surface area contributed by atoms with Gasteiger partial charge in [-0.25, -0.2) is 0 Å². The Morgan fingerprint density at radius 3 is 2.35 bits per heavy atom. The van der Waals surface area contributed by atoms with E-state index in [1.165, 1.54) is 0 Å². The van der Waals surface area contributed by atoms with Gasteiger partial charge in [0.1, 0.15) is 17.2 Å². The van der Waals surface area contributed by atoms with Crippen molar-refractivity contribution in [1.29, 1.82) is 0 Å². The molecule has 2 aromatic carbocycles. The monoisotopic (exact) mass is 310 g/mol. The van der Waals surface area contributed by atoms with Crippen LogP contribution in [0.4, 0.5) is 0 Å². The molecule has 0 unspecified atom stereocenters. The van der Waals surface area contributed by atoms with E-state index in [9.17, 15) is 4.79 Å². The first kappa shape index (κ1) is 15.0. The number of benzene rings is 2. The van der Waals surface area contributed by atoms with Crippen LogP contribution in [0.2, 0.25) is 0 Å². The number of aromatic nitrogens is 1. The molecule has 5 nitrogen and oxygen atoms in total. The van der Waals surface area contributed by atoms with Crippen molar-refractivity contribution >= 4 is 16.8 Å². The van der Waals surface area contributed by atoms with E-state index in [-0.39, 0.29) is 0 Å². The van der Waals surface area contributed by atoms with Gasteiger partial charge in [-0.05, 0) is 42.3 Å². The van der Waals surface area contributed by atoms with Gasteiger partial charge in [-0.2, -0.15) is 0 Å². The Kier molecular flexibility index (Phi) is 3.70. The number of rotatable bonds is 4. The van der Waals surface area contributed by atoms with E-state index in [1.54, 1.807) is 14.2 Å². The third kappa shape index (κ3) is 2.50. The molecular formula is C18H18N2O3. The van der Waals surface area contributed by atoms with E-state index >= 15 is 0 Å². The Morgan fingerprint density at radius 2 is 1.78 bits per heavy atom. The van der Waals surface area contributed by atoms with Gasteiger partial charge in [-0.15, -0.1) is 0 Å². The zero-order valence-corrected chi connectivity index (χ0v) is 13.3. The first-order valence-electron chi connectivity index (χ1n) is 7.19. The Hall–Kier alpha value is -2.95. The minimum absolute atomic E-state index is 0.387. The van der Waals surface area contributed by atoms with Crippen LogP contribution in [-0.2, 0) is 0 Å². The molecule has 23 heavy (non-hydrogen) atoms. The zero-order valence-electron chi connectivity index (χ0n) is 13.3. The number of hydrogen-bond donors (Lipinski definition) is 2. The summed E-state index contributed by atoms with van der Waals surface area (Å²) in [7, 11) is 3.24. The lowest BCUT2D eigenvalue weighted by Gasteiger charge is -2.07. The average molecular weight is 310 g/mol. The van der Waals surface area contributed by atoms with Gasteiger partial charge >= 0.3 is 0 Å². The van der Waals surface area contributed by atoms with Crippen molar-refractivity contribution < 1.29 is 14.3 Å². The van der Waals surface area contributed by atoms with Crippen LogP contribution in [-0.4, -0.2) is 25.1 Å². The molecule has 3 N–H and O–H groups in total. The average Bonchev–Trinajstić information content (AvgIpc) is 2.92. The molecule has 0 radical (unpaired) electrons. The number of aryl methyl sites for hydroxylation is 1. The molecule has 0 saturated carbocycles. The predicted octanol–water partition coefficient (Wildman–Crippen LogP) is 3.26. The number of H-pyrrole nitrogens is 1. The van der Waals surface area contributed by atoms with Crippen molar-refractivity contribution in [3.8, 4) is 22.6 Å². The van der Waals surface area contributed by atoms with Gasteiger partial charge in [0.2, 0.25) is 0 Å². The zero-order chi connectivity index (χ0) is 16.6. The number of hydrogen-bond acceptors (Lipinski definition) is 3. The van der Waals surface area contributed by atoms with Gasteiger partial charge in [0.15, 0.2) is 0 Å². The van der Waals surface area contributed by atoms with Crippen LogP contribution in [0.1, 0.15) is 16.1 Å². The lowest BCUT2D eigenvalue weighted by Crippen LogP contribution is -2.12. The number of primary amides is 1. The standard InChI is InChI=1S/C18H18N2O3/c1-10-8-14-13(9-15(10)23-3)16(17(20-14)18(19)21)11-4-6-12(22-2)7-5-11/h4-9,20H,1-3H3,(H2,19,21). The van der Waals surface area contributed by atoms with Crippen molar-refractivity contribution in [2.24, 2.45) is 5.73 Å². The minimum atomic E-state index is -0.497. The van der Waals surface area contributed by atoms with Gasteiger partial charge in [-0.3, -0.25) is 4.79 Å². The third-order valence-corrected chi connectivity index (χ3v) is 3.94. The van der Waals surface area contributed by atoms with E-state index in [2.05, 4.69) is 4.98 Å². The van der Waals surface area contributed by atoms with Gasteiger partial charge in [0.25, 0.3) is 5.91 Å². The molecule has 0 aliphatic carbocycles. The quantitative estimate of drug-likeness (QED) is 0.776. The van der Waals surface area contributed by atoms with Crippen molar-refractivity contribution in [2.45, 2.75) is 6.92 Å². The molecule has 3 rings (SSSR count). The van der Waals surface area contributed by atoms with Crippen molar-refractivity contribution in [3.63, 3.8) is 0 Å². The van der Waals surface area contributed by atoms with Gasteiger partial charge in [0.05, 0.1) is 14.2 Å². The highest BCUT2D eigenvalue weighted by Crippen LogP contribution is 2.36. The minimum Gasteiger partial charge on any atom is -0.497 e. The molecule has 5 heteroatoms. The summed E-state index contributed by atoms with van der Waals surface area (Å²) in [6.45, 7) is 1.95. The summed E-state index contributed by atoms with van der Waals surface area (Å²) in [5.74, 6) is 1.02. The van der Waals surface area contributed by atoms with E-state index in [0.717, 1.165) is 39.1 Å². The van der Waals surface area contributed by atoms with Crippen molar-refractivity contribution in [3.05, 3.63) is 47.7 Å². The summed E-state index contributed by atoms with van der Waals surface area (Å²) in [6.07, 6.45) is 0. The lowest BCUT2D eigenvalue weighted by molar-refractivity contribution is 0.0997. The number of carbonyl (C=O) groups excluding carboxylic acids is 1. The number of nitrogens with one attached hydrogen (secondary N) is 1. The van der Waals surface area contributed by atoms with E-state index in [0.29, 0.717) is 5.69 Å². The molecule has 1 heterocycles. The van der Waals surface area contributed by atoms with Crippen LogP contribution in [0.25, 0.3) is 22.0 Å². The maximum absolute atomic E-state index is 11.9. The summed E-state index contributed by atoms with van der Waals surface area (Å²) in [5.41, 5.74) is 9.43. The van der Waals surface area contributed by atoms with Crippen LogP contribution >= 0.6 is 0 Å². The van der Waals surface area contributed by atoms with E-state index in [4.69, 9.17) is 15.2 Å². The highest BCUT2D eigenvalue weighted by molar-refractivity contribution is 6.09. The van der Waals surface area contributed by atoms with E-state index in [1.807, 2.05) is 43.3 Å².